The highest BCUT2D eigenvalue weighted by molar-refractivity contribution is 6.10. The van der Waals surface area contributed by atoms with Gasteiger partial charge in [0.05, 0.1) is 18.2 Å². The zero-order valence-electron chi connectivity index (χ0n) is 9.77. The van der Waals surface area contributed by atoms with Crippen molar-refractivity contribution in [2.24, 2.45) is 0 Å². The lowest BCUT2D eigenvalue weighted by Gasteiger charge is -2.07. The molecule has 0 radical (unpaired) electrons. The number of rotatable bonds is 3. The van der Waals surface area contributed by atoms with Crippen LogP contribution < -0.4 is 10.1 Å². The Hall–Kier alpha value is -2.49. The SMILES string of the molecule is COc1c(NC=O)ccc2oc3ccccc3c12. The van der Waals surface area contributed by atoms with E-state index >= 15 is 0 Å². The number of fused-ring (bicyclic) bond motifs is 3. The molecule has 0 unspecified atom stereocenters. The molecule has 0 spiro atoms. The second-order valence-electron chi connectivity index (χ2n) is 3.88. The molecule has 2 aromatic carbocycles. The van der Waals surface area contributed by atoms with Crippen molar-refractivity contribution in [3.05, 3.63) is 36.4 Å². The van der Waals surface area contributed by atoms with Crippen LogP contribution in [0.4, 0.5) is 5.69 Å². The molecule has 0 saturated carbocycles. The number of carbonyl (C=O) groups is 1. The van der Waals surface area contributed by atoms with E-state index < -0.39 is 0 Å². The molecule has 3 rings (SSSR count). The fourth-order valence-electron chi connectivity index (χ4n) is 2.17. The van der Waals surface area contributed by atoms with Crippen molar-refractivity contribution in [1.29, 1.82) is 0 Å². The van der Waals surface area contributed by atoms with E-state index in [0.29, 0.717) is 17.8 Å². The Labute approximate surface area is 103 Å². The maximum absolute atomic E-state index is 10.6. The number of methoxy groups -OCH3 is 1. The summed E-state index contributed by atoms with van der Waals surface area (Å²) in [5.74, 6) is 0.615. The lowest BCUT2D eigenvalue weighted by Crippen LogP contribution is -1.97. The summed E-state index contributed by atoms with van der Waals surface area (Å²) in [4.78, 5) is 10.6. The highest BCUT2D eigenvalue weighted by Gasteiger charge is 2.14. The molecule has 1 N–H and O–H groups in total. The minimum atomic E-state index is 0.615. The summed E-state index contributed by atoms with van der Waals surface area (Å²) in [6.45, 7) is 0. The topological polar surface area (TPSA) is 51.5 Å². The molecule has 4 heteroatoms. The molecule has 0 fully saturated rings. The number of benzene rings is 2. The molecule has 0 atom stereocenters. The van der Waals surface area contributed by atoms with E-state index in [-0.39, 0.29) is 0 Å². The van der Waals surface area contributed by atoms with Crippen molar-refractivity contribution in [1.82, 2.24) is 0 Å². The third-order valence-corrected chi connectivity index (χ3v) is 2.91. The Morgan fingerprint density at radius 2 is 2.00 bits per heavy atom. The molecular weight excluding hydrogens is 230 g/mol. The Bertz CT molecular complexity index is 730. The van der Waals surface area contributed by atoms with E-state index in [0.717, 1.165) is 21.9 Å². The summed E-state index contributed by atoms with van der Waals surface area (Å²) in [6, 6.07) is 11.3. The quantitative estimate of drug-likeness (QED) is 0.716. The van der Waals surface area contributed by atoms with Gasteiger partial charge in [0.1, 0.15) is 11.2 Å². The van der Waals surface area contributed by atoms with Crippen LogP contribution in [-0.2, 0) is 4.79 Å². The summed E-state index contributed by atoms with van der Waals surface area (Å²) in [7, 11) is 1.58. The van der Waals surface area contributed by atoms with Gasteiger partial charge in [-0.2, -0.15) is 0 Å². The van der Waals surface area contributed by atoms with E-state index in [1.807, 2.05) is 30.3 Å². The van der Waals surface area contributed by atoms with Gasteiger partial charge in [0.25, 0.3) is 0 Å². The van der Waals surface area contributed by atoms with E-state index in [9.17, 15) is 4.79 Å². The molecular formula is C14H11NO3. The van der Waals surface area contributed by atoms with Crippen molar-refractivity contribution in [3.63, 3.8) is 0 Å². The molecule has 0 bridgehead atoms. The number of amides is 1. The Morgan fingerprint density at radius 1 is 1.17 bits per heavy atom. The van der Waals surface area contributed by atoms with E-state index in [4.69, 9.17) is 9.15 Å². The standard InChI is InChI=1S/C14H11NO3/c1-17-14-10(15-8-16)6-7-12-13(14)9-4-2-3-5-11(9)18-12/h2-8H,1H3,(H,15,16). The van der Waals surface area contributed by atoms with Gasteiger partial charge >= 0.3 is 0 Å². The number of anilines is 1. The number of ether oxygens (including phenoxy) is 1. The van der Waals surface area contributed by atoms with Crippen LogP contribution in [0, 0.1) is 0 Å². The predicted molar refractivity (Wildman–Crippen MR) is 70.0 cm³/mol. The molecule has 18 heavy (non-hydrogen) atoms. The van der Waals surface area contributed by atoms with Crippen LogP contribution in [0.15, 0.2) is 40.8 Å². The van der Waals surface area contributed by atoms with Crippen LogP contribution in [0.1, 0.15) is 0 Å². The van der Waals surface area contributed by atoms with Gasteiger partial charge in [0.2, 0.25) is 6.41 Å². The molecule has 0 aliphatic heterocycles. The minimum Gasteiger partial charge on any atom is -0.494 e. The van der Waals surface area contributed by atoms with Crippen LogP contribution in [0.2, 0.25) is 0 Å². The summed E-state index contributed by atoms with van der Waals surface area (Å²) in [6.07, 6.45) is 0.631. The second kappa shape index (κ2) is 4.07. The summed E-state index contributed by atoms with van der Waals surface area (Å²) >= 11 is 0. The van der Waals surface area contributed by atoms with Crippen molar-refractivity contribution in [3.8, 4) is 5.75 Å². The first-order valence-electron chi connectivity index (χ1n) is 5.53. The largest absolute Gasteiger partial charge is 0.494 e. The van der Waals surface area contributed by atoms with Gasteiger partial charge in [0, 0.05) is 5.39 Å². The van der Waals surface area contributed by atoms with Gasteiger partial charge in [-0.1, -0.05) is 18.2 Å². The molecule has 3 aromatic rings. The summed E-state index contributed by atoms with van der Waals surface area (Å²) in [5.41, 5.74) is 2.17. The molecule has 0 aliphatic carbocycles. The molecule has 90 valence electrons. The highest BCUT2D eigenvalue weighted by atomic mass is 16.5. The number of nitrogens with one attached hydrogen (secondary N) is 1. The van der Waals surface area contributed by atoms with Crippen molar-refractivity contribution in [2.45, 2.75) is 0 Å². The van der Waals surface area contributed by atoms with Crippen molar-refractivity contribution >= 4 is 34.0 Å². The zero-order valence-corrected chi connectivity index (χ0v) is 9.77. The van der Waals surface area contributed by atoms with E-state index in [1.54, 1.807) is 13.2 Å². The Morgan fingerprint density at radius 3 is 2.78 bits per heavy atom. The number of hydrogen-bond acceptors (Lipinski definition) is 3. The van der Waals surface area contributed by atoms with Gasteiger partial charge in [-0.05, 0) is 18.2 Å². The zero-order chi connectivity index (χ0) is 12.5. The van der Waals surface area contributed by atoms with Crippen molar-refractivity contribution in [2.75, 3.05) is 12.4 Å². The monoisotopic (exact) mass is 241 g/mol. The van der Waals surface area contributed by atoms with Gasteiger partial charge in [-0.3, -0.25) is 4.79 Å². The molecule has 1 amide bonds. The maximum atomic E-state index is 10.6. The molecule has 4 nitrogen and oxygen atoms in total. The lowest BCUT2D eigenvalue weighted by atomic mass is 10.1. The van der Waals surface area contributed by atoms with E-state index in [1.165, 1.54) is 0 Å². The van der Waals surface area contributed by atoms with Crippen LogP contribution in [0.25, 0.3) is 21.9 Å². The van der Waals surface area contributed by atoms with Crippen LogP contribution in [0.5, 0.6) is 5.75 Å². The predicted octanol–water partition coefficient (Wildman–Crippen LogP) is 3.16. The Balaban J connectivity index is 2.44. The molecule has 0 saturated heterocycles. The average Bonchev–Trinajstić information content (AvgIpc) is 2.78. The number of hydrogen-bond donors (Lipinski definition) is 1. The summed E-state index contributed by atoms with van der Waals surface area (Å²) in [5, 5.41) is 4.47. The van der Waals surface area contributed by atoms with Gasteiger partial charge in [-0.15, -0.1) is 0 Å². The second-order valence-corrected chi connectivity index (χ2v) is 3.88. The first-order valence-corrected chi connectivity index (χ1v) is 5.53. The average molecular weight is 241 g/mol. The Kier molecular flexibility index (Phi) is 2.41. The first kappa shape index (κ1) is 10.7. The number of furan rings is 1. The minimum absolute atomic E-state index is 0.615. The summed E-state index contributed by atoms with van der Waals surface area (Å²) < 4.78 is 11.1. The van der Waals surface area contributed by atoms with E-state index in [2.05, 4.69) is 5.32 Å². The van der Waals surface area contributed by atoms with Crippen LogP contribution in [0.3, 0.4) is 0 Å². The molecule has 0 aliphatic rings. The number of para-hydroxylation sites is 1. The first-order chi connectivity index (χ1) is 8.85. The van der Waals surface area contributed by atoms with Gasteiger partial charge < -0.3 is 14.5 Å². The third-order valence-electron chi connectivity index (χ3n) is 2.91. The number of carbonyl (C=O) groups excluding carboxylic acids is 1. The fourth-order valence-corrected chi connectivity index (χ4v) is 2.17. The van der Waals surface area contributed by atoms with Crippen LogP contribution >= 0.6 is 0 Å². The van der Waals surface area contributed by atoms with Gasteiger partial charge in [-0.25, -0.2) is 0 Å². The fraction of sp³-hybridized carbons (Fsp3) is 0.0714. The third kappa shape index (κ3) is 1.43. The molecule has 1 heterocycles. The van der Waals surface area contributed by atoms with Crippen LogP contribution in [-0.4, -0.2) is 13.5 Å². The molecule has 1 aromatic heterocycles. The van der Waals surface area contributed by atoms with Crippen molar-refractivity contribution < 1.29 is 13.9 Å². The smallest absolute Gasteiger partial charge is 0.211 e. The highest BCUT2D eigenvalue weighted by Crippen LogP contribution is 2.39. The lowest BCUT2D eigenvalue weighted by molar-refractivity contribution is -0.105. The van der Waals surface area contributed by atoms with Gasteiger partial charge in [0.15, 0.2) is 5.75 Å². The maximum Gasteiger partial charge on any atom is 0.211 e. The normalized spacial score (nSPS) is 10.7.